The summed E-state index contributed by atoms with van der Waals surface area (Å²) in [5, 5.41) is 20.7. The second kappa shape index (κ2) is 36.6. The van der Waals surface area contributed by atoms with Gasteiger partial charge in [-0.15, -0.1) is 0 Å². The SMILES string of the molecule is Brc1ccc2[nH]c3ccccc3c2c1.Brc1ccc2c(c1)c1ccccc1n2-c1ccccc1.Clc1ccc(-c2ccc3c(c2)c2ccccc2n3-c2ccccc2)cc1.Ic1ccccc1.O[B]Oc1ccc(Cl)cc1.[2H]CF.c1ccc(-c2ccc(Nc3ccc(-c4ccccc4)cc3)cc2)cc1. The Hall–Kier alpha value is -10.5. The van der Waals surface area contributed by atoms with E-state index in [1.165, 1.54) is 114 Å². The third-order valence-corrected chi connectivity index (χ3v) is 19.2. The minimum Gasteiger partial charge on any atom is -0.537 e. The predicted molar refractivity (Wildman–Crippen MR) is 456 cm³/mol. The van der Waals surface area contributed by atoms with Gasteiger partial charge in [0.15, 0.2) is 0 Å². The van der Waals surface area contributed by atoms with Gasteiger partial charge in [-0.3, -0.25) is 4.39 Å². The Labute approximate surface area is 647 Å². The molecule has 0 aliphatic rings. The van der Waals surface area contributed by atoms with Gasteiger partial charge in [0.25, 0.3) is 0 Å². The Morgan fingerprint density at radius 2 is 0.721 bits per heavy atom. The number of aromatic nitrogens is 3. The zero-order chi connectivity index (χ0) is 72.7. The average Bonchev–Trinajstić information content (AvgIpc) is 1.61. The average molecular weight is 1640 g/mol. The van der Waals surface area contributed by atoms with E-state index in [1.54, 1.807) is 24.3 Å². The molecule has 13 heteroatoms. The number of nitrogens with zero attached hydrogens (tertiary/aromatic N) is 2. The number of fused-ring (bicyclic) bond motifs is 9. The van der Waals surface area contributed by atoms with Gasteiger partial charge in [-0.05, 0) is 220 Å². The lowest BCUT2D eigenvalue weighted by Gasteiger charge is -2.09. The predicted octanol–water partition coefficient (Wildman–Crippen LogP) is 27.6. The van der Waals surface area contributed by atoms with Gasteiger partial charge < -0.3 is 29.1 Å². The highest BCUT2D eigenvalue weighted by atomic mass is 127. The first-order valence-corrected chi connectivity index (χ1v) is 36.7. The molecule has 0 aliphatic heterocycles. The van der Waals surface area contributed by atoms with Gasteiger partial charge in [-0.1, -0.05) is 267 Å². The summed E-state index contributed by atoms with van der Waals surface area (Å²) in [7, 11) is -0.372. The molecule has 0 spiro atoms. The van der Waals surface area contributed by atoms with Gasteiger partial charge in [-0.25, -0.2) is 0 Å². The van der Waals surface area contributed by atoms with Gasteiger partial charge >= 0.3 is 7.69 Å². The molecule has 0 aliphatic carbocycles. The molecule has 18 rings (SSSR count). The highest BCUT2D eigenvalue weighted by Gasteiger charge is 2.15. The van der Waals surface area contributed by atoms with Crippen LogP contribution in [0.15, 0.2) is 385 Å². The summed E-state index contributed by atoms with van der Waals surface area (Å²) < 4.78 is 28.3. The smallest absolute Gasteiger partial charge is 0.537 e. The number of anilines is 2. The van der Waals surface area contributed by atoms with Crippen molar-refractivity contribution in [1.82, 2.24) is 14.1 Å². The minimum atomic E-state index is -1.00. The van der Waals surface area contributed by atoms with E-state index >= 15 is 0 Å². The third kappa shape index (κ3) is 18.7. The van der Waals surface area contributed by atoms with Crippen LogP contribution in [0.1, 0.15) is 1.37 Å². The van der Waals surface area contributed by atoms with Crippen LogP contribution in [0.3, 0.4) is 0 Å². The topological polar surface area (TPSA) is 67.1 Å². The molecule has 15 aromatic carbocycles. The summed E-state index contributed by atoms with van der Waals surface area (Å²) in [5.74, 6) is 0.562. The summed E-state index contributed by atoms with van der Waals surface area (Å²) in [6.07, 6.45) is 0. The van der Waals surface area contributed by atoms with Crippen molar-refractivity contribution in [3.63, 3.8) is 0 Å². The van der Waals surface area contributed by atoms with Crippen LogP contribution >= 0.6 is 77.7 Å². The van der Waals surface area contributed by atoms with E-state index in [4.69, 9.17) is 29.6 Å². The molecule has 18 aromatic rings. The molecule has 3 aromatic heterocycles. The molecule has 0 bridgehead atoms. The molecule has 0 unspecified atom stereocenters. The summed E-state index contributed by atoms with van der Waals surface area (Å²) in [6, 6.07) is 129. The Morgan fingerprint density at radius 1 is 0.375 bits per heavy atom. The summed E-state index contributed by atoms with van der Waals surface area (Å²) >= 11 is 21.0. The fourth-order valence-corrected chi connectivity index (χ4v) is 13.6. The molecule has 3 N–H and O–H groups in total. The maximum absolute atomic E-state index is 9.96. The van der Waals surface area contributed by atoms with Crippen LogP contribution in [0.25, 0.3) is 110 Å². The molecule has 104 heavy (non-hydrogen) atoms. The van der Waals surface area contributed by atoms with Crippen molar-refractivity contribution in [2.45, 2.75) is 0 Å². The maximum Gasteiger partial charge on any atom is 0.569 e. The van der Waals surface area contributed by atoms with Crippen LogP contribution in [0, 0.1) is 3.57 Å². The molecule has 6 nitrogen and oxygen atoms in total. The van der Waals surface area contributed by atoms with Crippen molar-refractivity contribution in [2.75, 3.05) is 12.5 Å². The van der Waals surface area contributed by atoms with Crippen LogP contribution in [-0.2, 0) is 0 Å². The normalized spacial score (nSPS) is 10.6. The molecule has 0 fully saturated rings. The van der Waals surface area contributed by atoms with Crippen molar-refractivity contribution in [2.24, 2.45) is 0 Å². The fourth-order valence-electron chi connectivity index (χ4n) is 12.2. The van der Waals surface area contributed by atoms with Crippen molar-refractivity contribution in [3.05, 3.63) is 399 Å². The first-order valence-electron chi connectivity index (χ1n) is 34.0. The van der Waals surface area contributed by atoms with Gasteiger partial charge in [0.2, 0.25) is 0 Å². The van der Waals surface area contributed by atoms with Crippen LogP contribution in [0.4, 0.5) is 15.8 Å². The maximum atomic E-state index is 9.96. The van der Waals surface area contributed by atoms with E-state index in [2.05, 4.69) is 376 Å². The van der Waals surface area contributed by atoms with Crippen LogP contribution in [0.5, 0.6) is 5.75 Å². The number of benzene rings is 15. The lowest BCUT2D eigenvalue weighted by Crippen LogP contribution is -1.98. The molecule has 3 heterocycles. The number of alkyl halides is 1. The van der Waals surface area contributed by atoms with E-state index < -0.39 is 7.15 Å². The number of para-hydroxylation sites is 5. The molecular formula is C91H68BBr2Cl2FIN4O2. The molecular weight excluding hydrogens is 1570 g/mol. The lowest BCUT2D eigenvalue weighted by atomic mass is 10.0. The number of nitrogens with one attached hydrogen (secondary N) is 2. The molecule has 0 atom stereocenters. The lowest BCUT2D eigenvalue weighted by molar-refractivity contribution is 0.454. The van der Waals surface area contributed by atoms with E-state index in [-0.39, 0.29) is 0 Å². The first-order chi connectivity index (χ1) is 51.5. The zero-order valence-corrected chi connectivity index (χ0v) is 62.9. The van der Waals surface area contributed by atoms with Gasteiger partial charge in [0, 0.05) is 88.7 Å². The number of hydrogen-bond acceptors (Lipinski definition) is 3. The molecule has 0 saturated carbocycles. The first kappa shape index (κ1) is 71.9. The van der Waals surface area contributed by atoms with Crippen molar-refractivity contribution < 1.29 is 15.4 Å². The van der Waals surface area contributed by atoms with Crippen LogP contribution in [-0.4, -0.2) is 34.0 Å². The van der Waals surface area contributed by atoms with Gasteiger partial charge in [0.05, 0.1) is 30.6 Å². The Kier molecular flexibility index (Phi) is 25.3. The van der Waals surface area contributed by atoms with E-state index in [1.807, 2.05) is 54.6 Å². The van der Waals surface area contributed by atoms with E-state index in [0.29, 0.717) is 18.5 Å². The summed E-state index contributed by atoms with van der Waals surface area (Å²) in [5.41, 5.74) is 19.2. The zero-order valence-electron chi connectivity index (χ0n) is 57.1. The quantitative estimate of drug-likeness (QED) is 0.0997. The summed E-state index contributed by atoms with van der Waals surface area (Å²) in [6.45, 7) is 0. The van der Waals surface area contributed by atoms with Crippen LogP contribution in [0.2, 0.25) is 10.0 Å². The Morgan fingerprint density at radius 3 is 1.20 bits per heavy atom. The molecule has 509 valence electrons. The van der Waals surface area contributed by atoms with Crippen LogP contribution < -0.4 is 9.97 Å². The van der Waals surface area contributed by atoms with E-state index in [0.717, 1.165) is 25.3 Å². The third-order valence-electron chi connectivity index (χ3n) is 17.0. The second-order valence-electron chi connectivity index (χ2n) is 23.6. The van der Waals surface area contributed by atoms with Crippen molar-refractivity contribution in [3.8, 4) is 50.5 Å². The largest absolute Gasteiger partial charge is 0.569 e. The number of H-pyrrole nitrogens is 1. The molecule has 0 saturated heterocycles. The number of hydrogen-bond donors (Lipinski definition) is 3. The fraction of sp³-hybridized carbons (Fsp3) is 0.0110. The number of halogens is 6. The Balaban J connectivity index is 0.000000122. The van der Waals surface area contributed by atoms with Crippen molar-refractivity contribution >= 4 is 162 Å². The molecule has 1 radical (unpaired) electrons. The molecule has 0 amide bonds. The minimum absolute atomic E-state index is 0.562. The van der Waals surface area contributed by atoms with Gasteiger partial charge in [0.1, 0.15) is 5.75 Å². The standard InChI is InChI=1S/C24H16ClN.C24H19N.C18H12BrN.C12H8BrN.C6H5BClO2.C6H5I.CH3F/c25-19-13-10-17(11-14-19)18-12-15-24-22(16-18)21-8-4-5-9-23(21)26(24)20-6-2-1-3-7-20;1-3-7-19(8-4-1)21-11-15-23(16-12-21)25-24-17-13-22(14-18-24)20-9-5-2-6-10-20;19-13-10-11-18-16(12-13)15-8-4-5-9-17(15)20(18)14-6-2-1-3-7-14;13-8-5-6-12-10(7-8)9-3-1-2-4-11(9)14-12;8-5-1-3-6(4-2-5)10-7-9;7-6-4-2-1-3-5-6;1-2/h1-16H;1-18,25H;1-12H;1-7,14H;1-4,9H;1-5H;1H3/i;;;;;;1D. The second-order valence-corrected chi connectivity index (χ2v) is 27.6. The monoisotopic (exact) mass is 1630 g/mol. The van der Waals surface area contributed by atoms with Gasteiger partial charge in [-0.2, -0.15) is 0 Å². The summed E-state index contributed by atoms with van der Waals surface area (Å²) in [4.78, 5) is 3.38. The highest BCUT2D eigenvalue weighted by Crippen LogP contribution is 2.37. The Bertz CT molecular complexity index is 5670. The number of aromatic amines is 1. The number of rotatable bonds is 9. The van der Waals surface area contributed by atoms with E-state index in [9.17, 15) is 4.39 Å². The highest BCUT2D eigenvalue weighted by molar-refractivity contribution is 14.1. The van der Waals surface area contributed by atoms with Crippen molar-refractivity contribution in [1.29, 1.82) is 0 Å².